The van der Waals surface area contributed by atoms with Crippen LogP contribution in [0.1, 0.15) is 39.2 Å². The van der Waals surface area contributed by atoms with Gasteiger partial charge in [-0.15, -0.1) is 0 Å². The van der Waals surface area contributed by atoms with E-state index in [1.807, 2.05) is 45.0 Å². The van der Waals surface area contributed by atoms with Crippen LogP contribution in [0.3, 0.4) is 0 Å². The number of amides is 2. The molecule has 5 nitrogen and oxygen atoms in total. The third kappa shape index (κ3) is 6.45. The minimum Gasteiger partial charge on any atom is -0.391 e. The van der Waals surface area contributed by atoms with Gasteiger partial charge in [0.1, 0.15) is 0 Å². The van der Waals surface area contributed by atoms with Crippen molar-refractivity contribution in [2.24, 2.45) is 5.92 Å². The fourth-order valence-electron chi connectivity index (χ4n) is 2.33. The highest BCUT2D eigenvalue weighted by Crippen LogP contribution is 2.13. The highest BCUT2D eigenvalue weighted by Gasteiger charge is 2.16. The normalized spacial score (nSPS) is 12.2. The monoisotopic (exact) mass is 308 g/mol. The van der Waals surface area contributed by atoms with Gasteiger partial charge in [0.25, 0.3) is 0 Å². The van der Waals surface area contributed by atoms with Crippen LogP contribution in [0.25, 0.3) is 0 Å². The van der Waals surface area contributed by atoms with E-state index in [0.29, 0.717) is 18.9 Å². The molecular formula is C17H28N2O3. The summed E-state index contributed by atoms with van der Waals surface area (Å²) < 4.78 is 5.35. The van der Waals surface area contributed by atoms with E-state index in [-0.39, 0.29) is 18.5 Å². The lowest BCUT2D eigenvalue weighted by Crippen LogP contribution is -2.38. The number of urea groups is 1. The number of carbonyl (C=O) groups is 1. The van der Waals surface area contributed by atoms with Crippen molar-refractivity contribution in [2.75, 3.05) is 18.5 Å². The topological polar surface area (TPSA) is 70.6 Å². The molecule has 0 saturated carbocycles. The number of ether oxygens (including phenoxy) is 1. The number of rotatable bonds is 9. The summed E-state index contributed by atoms with van der Waals surface area (Å²) in [6, 6.07) is 7.23. The van der Waals surface area contributed by atoms with Gasteiger partial charge in [0.2, 0.25) is 0 Å². The zero-order valence-corrected chi connectivity index (χ0v) is 13.8. The van der Waals surface area contributed by atoms with Crippen LogP contribution in [0.5, 0.6) is 0 Å². The quantitative estimate of drug-likeness (QED) is 0.656. The first-order chi connectivity index (χ1) is 10.6. The van der Waals surface area contributed by atoms with Crippen LogP contribution in [0, 0.1) is 5.92 Å². The van der Waals surface area contributed by atoms with Gasteiger partial charge in [-0.3, -0.25) is 0 Å². The van der Waals surface area contributed by atoms with Crippen LogP contribution in [-0.4, -0.2) is 30.4 Å². The maximum atomic E-state index is 11.9. The van der Waals surface area contributed by atoms with Crippen LogP contribution in [0.2, 0.25) is 0 Å². The molecule has 0 radical (unpaired) electrons. The van der Waals surface area contributed by atoms with Gasteiger partial charge in [-0.1, -0.05) is 38.8 Å². The molecule has 22 heavy (non-hydrogen) atoms. The number of carbonyl (C=O) groups excluding carboxylic acids is 1. The van der Waals surface area contributed by atoms with Crippen molar-refractivity contribution in [3.05, 3.63) is 29.8 Å². The molecular weight excluding hydrogens is 280 g/mol. The minimum absolute atomic E-state index is 0.217. The lowest BCUT2D eigenvalue weighted by atomic mass is 9.97. The van der Waals surface area contributed by atoms with Crippen molar-refractivity contribution < 1.29 is 14.6 Å². The predicted molar refractivity (Wildman–Crippen MR) is 88.9 cm³/mol. The molecule has 0 spiro atoms. The number of aliphatic hydroxyl groups excluding tert-OH is 1. The number of aliphatic hydroxyl groups is 1. The highest BCUT2D eigenvalue weighted by molar-refractivity contribution is 5.89. The molecule has 0 heterocycles. The second-order valence-corrected chi connectivity index (χ2v) is 5.32. The van der Waals surface area contributed by atoms with Crippen molar-refractivity contribution in [3.8, 4) is 0 Å². The smallest absolute Gasteiger partial charge is 0.319 e. The summed E-state index contributed by atoms with van der Waals surface area (Å²) in [7, 11) is 0. The van der Waals surface area contributed by atoms with Gasteiger partial charge in [0.05, 0.1) is 12.7 Å². The minimum atomic E-state index is -0.509. The van der Waals surface area contributed by atoms with Gasteiger partial charge < -0.3 is 20.5 Å². The van der Waals surface area contributed by atoms with Crippen molar-refractivity contribution in [2.45, 2.75) is 46.3 Å². The molecule has 0 bridgehead atoms. The fraction of sp³-hybridized carbons (Fsp3) is 0.588. The van der Waals surface area contributed by atoms with Gasteiger partial charge in [-0.2, -0.15) is 0 Å². The molecule has 0 fully saturated rings. The second kappa shape index (κ2) is 10.2. The standard InChI is InChI=1S/C17H28N2O3/c1-4-14(5-2)16(20)11-18-17(21)19-15-9-7-8-13(10-15)12-22-6-3/h7-10,14,16,20H,4-6,11-12H2,1-3H3,(H2,18,19,21). The molecule has 1 unspecified atom stereocenters. The number of hydrogen-bond donors (Lipinski definition) is 3. The first-order valence-electron chi connectivity index (χ1n) is 8.00. The van der Waals surface area contributed by atoms with E-state index in [2.05, 4.69) is 10.6 Å². The van der Waals surface area contributed by atoms with E-state index >= 15 is 0 Å². The van der Waals surface area contributed by atoms with Crippen molar-refractivity contribution in [1.82, 2.24) is 5.32 Å². The maximum absolute atomic E-state index is 11.9. The zero-order chi connectivity index (χ0) is 16.4. The highest BCUT2D eigenvalue weighted by atomic mass is 16.5. The average Bonchev–Trinajstić information content (AvgIpc) is 2.52. The molecule has 1 aromatic carbocycles. The summed E-state index contributed by atoms with van der Waals surface area (Å²) in [5, 5.41) is 15.5. The molecule has 2 amide bonds. The Bertz CT molecular complexity index is 447. The molecule has 1 rings (SSSR count). The average molecular weight is 308 g/mol. The van der Waals surface area contributed by atoms with Gasteiger partial charge in [-0.05, 0) is 30.5 Å². The second-order valence-electron chi connectivity index (χ2n) is 5.32. The molecule has 1 aromatic rings. The molecule has 3 N–H and O–H groups in total. The number of nitrogens with one attached hydrogen (secondary N) is 2. The van der Waals surface area contributed by atoms with Gasteiger partial charge in [0.15, 0.2) is 0 Å². The van der Waals surface area contributed by atoms with E-state index in [0.717, 1.165) is 18.4 Å². The predicted octanol–water partition coefficient (Wildman–Crippen LogP) is 3.14. The van der Waals surface area contributed by atoms with E-state index in [9.17, 15) is 9.90 Å². The fourth-order valence-corrected chi connectivity index (χ4v) is 2.33. The Morgan fingerprint density at radius 2 is 2.00 bits per heavy atom. The van der Waals surface area contributed by atoms with E-state index < -0.39 is 6.10 Å². The number of hydrogen-bond acceptors (Lipinski definition) is 3. The molecule has 0 aliphatic carbocycles. The Morgan fingerprint density at radius 3 is 2.64 bits per heavy atom. The zero-order valence-electron chi connectivity index (χ0n) is 13.8. The van der Waals surface area contributed by atoms with Crippen LogP contribution >= 0.6 is 0 Å². The summed E-state index contributed by atoms with van der Waals surface area (Å²) in [6.07, 6.45) is 1.30. The molecule has 0 aromatic heterocycles. The van der Waals surface area contributed by atoms with Crippen LogP contribution in [0.4, 0.5) is 10.5 Å². The van der Waals surface area contributed by atoms with Crippen molar-refractivity contribution in [3.63, 3.8) is 0 Å². The SMILES string of the molecule is CCOCc1cccc(NC(=O)NCC(O)C(CC)CC)c1. The molecule has 0 saturated heterocycles. The molecule has 0 aliphatic heterocycles. The molecule has 1 atom stereocenters. The Balaban J connectivity index is 2.44. The molecule has 0 aliphatic rings. The Labute approximate surface area is 133 Å². The summed E-state index contributed by atoms with van der Waals surface area (Å²) in [5.41, 5.74) is 1.73. The van der Waals surface area contributed by atoms with Crippen LogP contribution < -0.4 is 10.6 Å². The van der Waals surface area contributed by atoms with Crippen molar-refractivity contribution in [1.29, 1.82) is 0 Å². The Kier molecular flexibility index (Phi) is 8.55. The van der Waals surface area contributed by atoms with Gasteiger partial charge in [0, 0.05) is 18.8 Å². The summed E-state index contributed by atoms with van der Waals surface area (Å²) in [6.45, 7) is 7.48. The van der Waals surface area contributed by atoms with Gasteiger partial charge >= 0.3 is 6.03 Å². The summed E-state index contributed by atoms with van der Waals surface area (Å²) >= 11 is 0. The summed E-state index contributed by atoms with van der Waals surface area (Å²) in [5.74, 6) is 0.217. The lowest BCUT2D eigenvalue weighted by molar-refractivity contribution is 0.104. The first-order valence-corrected chi connectivity index (χ1v) is 8.00. The third-order valence-electron chi connectivity index (χ3n) is 3.72. The van der Waals surface area contributed by atoms with E-state index in [1.54, 1.807) is 0 Å². The van der Waals surface area contributed by atoms with Crippen LogP contribution in [-0.2, 0) is 11.3 Å². The maximum Gasteiger partial charge on any atom is 0.319 e. The largest absolute Gasteiger partial charge is 0.391 e. The van der Waals surface area contributed by atoms with E-state index in [4.69, 9.17) is 4.74 Å². The molecule has 5 heteroatoms. The Hall–Kier alpha value is -1.59. The van der Waals surface area contributed by atoms with Gasteiger partial charge in [-0.25, -0.2) is 4.79 Å². The Morgan fingerprint density at radius 1 is 1.27 bits per heavy atom. The summed E-state index contributed by atoms with van der Waals surface area (Å²) in [4.78, 5) is 11.9. The van der Waals surface area contributed by atoms with Crippen molar-refractivity contribution >= 4 is 11.7 Å². The first kappa shape index (κ1) is 18.5. The number of anilines is 1. The van der Waals surface area contributed by atoms with E-state index in [1.165, 1.54) is 0 Å². The number of benzene rings is 1. The third-order valence-corrected chi connectivity index (χ3v) is 3.72. The lowest BCUT2D eigenvalue weighted by Gasteiger charge is -2.20. The van der Waals surface area contributed by atoms with Crippen LogP contribution in [0.15, 0.2) is 24.3 Å². The molecule has 124 valence electrons.